The van der Waals surface area contributed by atoms with E-state index in [0.717, 1.165) is 31.9 Å². The Morgan fingerprint density at radius 1 is 1.39 bits per heavy atom. The van der Waals surface area contributed by atoms with Gasteiger partial charge in [0.2, 0.25) is 0 Å². The predicted molar refractivity (Wildman–Crippen MR) is 72.1 cm³/mol. The summed E-state index contributed by atoms with van der Waals surface area (Å²) >= 11 is 0. The number of nitrogens with one attached hydrogen (secondary N) is 1. The van der Waals surface area contributed by atoms with Crippen molar-refractivity contribution in [1.29, 1.82) is 0 Å². The molecule has 2 atom stereocenters. The molecule has 0 aliphatic carbocycles. The molecule has 0 unspecified atom stereocenters. The number of fused-ring (bicyclic) bond motifs is 1. The molecule has 0 bridgehead atoms. The van der Waals surface area contributed by atoms with Gasteiger partial charge < -0.3 is 15.0 Å². The lowest BCUT2D eigenvalue weighted by molar-refractivity contribution is 0.0349. The second-order valence-electron chi connectivity index (χ2n) is 5.42. The highest BCUT2D eigenvalue weighted by atomic mass is 16.5. The number of pyridine rings is 1. The van der Waals surface area contributed by atoms with Gasteiger partial charge in [-0.2, -0.15) is 0 Å². The van der Waals surface area contributed by atoms with Crippen molar-refractivity contribution in [3.05, 3.63) is 24.0 Å². The fraction of sp³-hybridized carbons (Fsp3) is 0.643. The first-order valence-corrected chi connectivity index (χ1v) is 6.80. The van der Waals surface area contributed by atoms with Gasteiger partial charge in [0.05, 0.1) is 30.6 Å². The molecule has 0 spiro atoms. The minimum absolute atomic E-state index is 0.337. The van der Waals surface area contributed by atoms with E-state index in [0.29, 0.717) is 18.1 Å². The topological polar surface area (TPSA) is 37.4 Å². The van der Waals surface area contributed by atoms with E-state index in [1.807, 2.05) is 6.20 Å². The molecule has 2 fully saturated rings. The molecule has 98 valence electrons. The van der Waals surface area contributed by atoms with Gasteiger partial charge >= 0.3 is 0 Å². The van der Waals surface area contributed by atoms with Crippen LogP contribution in [0.5, 0.6) is 0 Å². The summed E-state index contributed by atoms with van der Waals surface area (Å²) < 4.78 is 5.79. The van der Waals surface area contributed by atoms with Gasteiger partial charge in [-0.1, -0.05) is 13.8 Å². The summed E-state index contributed by atoms with van der Waals surface area (Å²) in [7, 11) is 0. The molecular formula is C14H21N3O. The number of hydrogen-bond acceptors (Lipinski definition) is 4. The quantitative estimate of drug-likeness (QED) is 0.857. The summed E-state index contributed by atoms with van der Waals surface area (Å²) in [6.07, 6.45) is 2.35. The van der Waals surface area contributed by atoms with Crippen molar-refractivity contribution in [3.63, 3.8) is 0 Å². The molecule has 0 aromatic carbocycles. The molecule has 18 heavy (non-hydrogen) atoms. The van der Waals surface area contributed by atoms with E-state index in [1.165, 1.54) is 5.69 Å². The van der Waals surface area contributed by atoms with Crippen molar-refractivity contribution < 1.29 is 4.74 Å². The van der Waals surface area contributed by atoms with E-state index in [-0.39, 0.29) is 0 Å². The molecule has 0 saturated carbocycles. The standard InChI is InChI=1S/C14H21N3O/c1-10(2)12-4-3-11(7-16-12)17-5-6-18-14-9-15-8-13(14)17/h3-4,7,10,13-15H,5-6,8-9H2,1-2H3/t13-,14-/m1/s1. The molecule has 1 aromatic rings. The fourth-order valence-corrected chi connectivity index (χ4v) is 2.82. The van der Waals surface area contributed by atoms with E-state index in [9.17, 15) is 0 Å². The molecule has 4 heteroatoms. The Bertz CT molecular complexity index is 404. The Balaban J connectivity index is 1.80. The molecule has 4 nitrogen and oxygen atoms in total. The van der Waals surface area contributed by atoms with Crippen LogP contribution in [0.3, 0.4) is 0 Å². The third kappa shape index (κ3) is 2.10. The SMILES string of the molecule is CC(C)c1ccc(N2CCO[C@@H]3CNC[C@H]32)cn1. The van der Waals surface area contributed by atoms with Crippen molar-refractivity contribution in [2.24, 2.45) is 0 Å². The van der Waals surface area contributed by atoms with E-state index in [4.69, 9.17) is 4.74 Å². The van der Waals surface area contributed by atoms with Gasteiger partial charge in [0.15, 0.2) is 0 Å². The molecule has 2 saturated heterocycles. The molecule has 0 amide bonds. The third-order valence-electron chi connectivity index (χ3n) is 3.89. The highest BCUT2D eigenvalue weighted by molar-refractivity contribution is 5.47. The molecule has 1 aromatic heterocycles. The molecule has 3 heterocycles. The maximum absolute atomic E-state index is 5.79. The fourth-order valence-electron chi connectivity index (χ4n) is 2.82. The molecule has 3 rings (SSSR count). The minimum atomic E-state index is 0.337. The Labute approximate surface area is 108 Å². The van der Waals surface area contributed by atoms with Gasteiger partial charge in [-0.15, -0.1) is 0 Å². The van der Waals surface area contributed by atoms with E-state index >= 15 is 0 Å². The van der Waals surface area contributed by atoms with Crippen LogP contribution in [0.2, 0.25) is 0 Å². The maximum atomic E-state index is 5.79. The Hall–Kier alpha value is -1.13. The predicted octanol–water partition coefficient (Wildman–Crippen LogP) is 1.38. The lowest BCUT2D eigenvalue weighted by Gasteiger charge is -2.38. The van der Waals surface area contributed by atoms with Crippen LogP contribution in [0, 0.1) is 0 Å². The lowest BCUT2D eigenvalue weighted by atomic mass is 10.1. The first-order chi connectivity index (χ1) is 8.75. The van der Waals surface area contributed by atoms with Crippen LogP contribution in [-0.4, -0.2) is 43.4 Å². The first kappa shape index (κ1) is 11.9. The number of aromatic nitrogens is 1. The Morgan fingerprint density at radius 3 is 3.00 bits per heavy atom. The highest BCUT2D eigenvalue weighted by Crippen LogP contribution is 2.25. The van der Waals surface area contributed by atoms with Crippen LogP contribution >= 0.6 is 0 Å². The second kappa shape index (κ2) is 4.86. The Morgan fingerprint density at radius 2 is 2.28 bits per heavy atom. The zero-order chi connectivity index (χ0) is 12.5. The third-order valence-corrected chi connectivity index (χ3v) is 3.89. The number of ether oxygens (including phenoxy) is 1. The zero-order valence-electron chi connectivity index (χ0n) is 11.1. The first-order valence-electron chi connectivity index (χ1n) is 6.80. The van der Waals surface area contributed by atoms with Gasteiger partial charge in [0, 0.05) is 25.3 Å². The average molecular weight is 247 g/mol. The summed E-state index contributed by atoms with van der Waals surface area (Å²) in [5, 5.41) is 3.41. The van der Waals surface area contributed by atoms with Gasteiger partial charge in [-0.05, 0) is 18.1 Å². The number of nitrogens with zero attached hydrogens (tertiary/aromatic N) is 2. The highest BCUT2D eigenvalue weighted by Gasteiger charge is 2.36. The second-order valence-corrected chi connectivity index (χ2v) is 5.42. The minimum Gasteiger partial charge on any atom is -0.373 e. The summed E-state index contributed by atoms with van der Waals surface area (Å²) in [6.45, 7) is 8.11. The van der Waals surface area contributed by atoms with Gasteiger partial charge in [0.1, 0.15) is 0 Å². The summed E-state index contributed by atoms with van der Waals surface area (Å²) in [5.41, 5.74) is 2.38. The van der Waals surface area contributed by atoms with Crippen molar-refractivity contribution in [3.8, 4) is 0 Å². The van der Waals surface area contributed by atoms with E-state index in [1.54, 1.807) is 0 Å². The largest absolute Gasteiger partial charge is 0.373 e. The summed E-state index contributed by atoms with van der Waals surface area (Å²) in [6, 6.07) is 4.81. The molecule has 2 aliphatic heterocycles. The van der Waals surface area contributed by atoms with Crippen LogP contribution < -0.4 is 10.2 Å². The molecule has 1 N–H and O–H groups in total. The van der Waals surface area contributed by atoms with Crippen LogP contribution in [0.4, 0.5) is 5.69 Å². The van der Waals surface area contributed by atoms with E-state index < -0.39 is 0 Å². The number of rotatable bonds is 2. The van der Waals surface area contributed by atoms with Crippen LogP contribution in [0.25, 0.3) is 0 Å². The van der Waals surface area contributed by atoms with Crippen LogP contribution in [0.15, 0.2) is 18.3 Å². The number of hydrogen-bond donors (Lipinski definition) is 1. The van der Waals surface area contributed by atoms with Gasteiger partial charge in [0.25, 0.3) is 0 Å². The summed E-state index contributed by atoms with van der Waals surface area (Å²) in [5.74, 6) is 0.490. The van der Waals surface area contributed by atoms with Gasteiger partial charge in [-0.25, -0.2) is 0 Å². The van der Waals surface area contributed by atoms with Crippen LogP contribution in [0.1, 0.15) is 25.5 Å². The molecule has 2 aliphatic rings. The molecular weight excluding hydrogens is 226 g/mol. The monoisotopic (exact) mass is 247 g/mol. The smallest absolute Gasteiger partial charge is 0.0915 e. The average Bonchev–Trinajstić information content (AvgIpc) is 2.87. The van der Waals surface area contributed by atoms with Crippen molar-refractivity contribution in [2.75, 3.05) is 31.1 Å². The zero-order valence-corrected chi connectivity index (χ0v) is 11.1. The Kier molecular flexibility index (Phi) is 3.22. The number of anilines is 1. The number of morpholine rings is 1. The summed E-state index contributed by atoms with van der Waals surface area (Å²) in [4.78, 5) is 7.00. The molecule has 0 radical (unpaired) electrons. The van der Waals surface area contributed by atoms with Crippen molar-refractivity contribution in [2.45, 2.75) is 31.9 Å². The van der Waals surface area contributed by atoms with Gasteiger partial charge in [-0.3, -0.25) is 4.98 Å². The van der Waals surface area contributed by atoms with Crippen molar-refractivity contribution in [1.82, 2.24) is 10.3 Å². The van der Waals surface area contributed by atoms with Crippen molar-refractivity contribution >= 4 is 5.69 Å². The van der Waals surface area contributed by atoms with Crippen LogP contribution in [-0.2, 0) is 4.74 Å². The maximum Gasteiger partial charge on any atom is 0.0915 e. The normalized spacial score (nSPS) is 27.6. The lowest BCUT2D eigenvalue weighted by Crippen LogP contribution is -2.51. The van der Waals surface area contributed by atoms with E-state index in [2.05, 4.69) is 41.2 Å².